The number of hydrogen-bond donors (Lipinski definition) is 2. The Hall–Kier alpha value is -4.59. The number of ether oxygens (including phenoxy) is 1. The van der Waals surface area contributed by atoms with Gasteiger partial charge in [-0.25, -0.2) is 9.59 Å². The highest BCUT2D eigenvalue weighted by Gasteiger charge is 2.31. The second-order valence-corrected chi connectivity index (χ2v) is 9.34. The molecule has 1 aliphatic carbocycles. The number of halogens is 3. The Bertz CT molecular complexity index is 1470. The number of benzene rings is 4. The Morgan fingerprint density at radius 2 is 1.44 bits per heavy atom. The van der Waals surface area contributed by atoms with Crippen molar-refractivity contribution in [1.29, 1.82) is 0 Å². The number of amides is 1. The lowest BCUT2D eigenvalue weighted by Gasteiger charge is -2.18. The first-order chi connectivity index (χ1) is 18.7. The molecule has 0 unspecified atom stereocenters. The summed E-state index contributed by atoms with van der Waals surface area (Å²) in [4.78, 5) is 24.5. The maximum absolute atomic E-state index is 13.0. The number of aliphatic carboxylic acids is 1. The lowest BCUT2D eigenvalue weighted by molar-refractivity contribution is -0.139. The number of fused-ring (bicyclic) bond motifs is 3. The Balaban J connectivity index is 1.23. The number of hydrogen-bond acceptors (Lipinski definition) is 3. The van der Waals surface area contributed by atoms with Gasteiger partial charge >= 0.3 is 18.2 Å². The Morgan fingerprint density at radius 3 is 2.03 bits per heavy atom. The predicted octanol–water partition coefficient (Wildman–Crippen LogP) is 6.91. The fourth-order valence-electron chi connectivity index (χ4n) is 4.93. The van der Waals surface area contributed by atoms with E-state index in [4.69, 9.17) is 4.74 Å². The van der Waals surface area contributed by atoms with Crippen LogP contribution in [0.5, 0.6) is 0 Å². The fraction of sp³-hybridized carbons (Fsp3) is 0.161. The minimum atomic E-state index is -4.45. The van der Waals surface area contributed by atoms with Gasteiger partial charge in [-0.15, -0.1) is 0 Å². The van der Waals surface area contributed by atoms with Gasteiger partial charge < -0.3 is 15.2 Å². The summed E-state index contributed by atoms with van der Waals surface area (Å²) in [5, 5.41) is 12.1. The van der Waals surface area contributed by atoms with Crippen LogP contribution in [0.4, 0.5) is 18.0 Å². The van der Waals surface area contributed by atoms with Crippen molar-refractivity contribution in [3.05, 3.63) is 119 Å². The Labute approximate surface area is 222 Å². The smallest absolute Gasteiger partial charge is 0.416 e. The van der Waals surface area contributed by atoms with E-state index in [0.29, 0.717) is 16.7 Å². The molecule has 8 heteroatoms. The number of carboxylic acids is 1. The standard InChI is InChI=1S/C31H24F3NO4/c32-31(33,34)22-7-5-6-21(17-22)20-14-12-19(13-15-20)16-28(29(36)37)35-30(38)39-18-27-25-10-3-1-8-23(25)24-9-2-4-11-26(24)27/h1-15,17,27-28H,16,18H2,(H,35,38)(H,36,37)/t28-/m0/s1. The van der Waals surface area contributed by atoms with E-state index in [0.717, 1.165) is 34.4 Å². The van der Waals surface area contributed by atoms with Crippen molar-refractivity contribution in [1.82, 2.24) is 5.32 Å². The van der Waals surface area contributed by atoms with Gasteiger partial charge in [-0.05, 0) is 51.1 Å². The average molecular weight is 532 g/mol. The summed E-state index contributed by atoms with van der Waals surface area (Å²) in [6, 6.07) is 26.0. The van der Waals surface area contributed by atoms with Gasteiger partial charge in [-0.3, -0.25) is 0 Å². The molecule has 0 aliphatic heterocycles. The molecule has 198 valence electrons. The van der Waals surface area contributed by atoms with Gasteiger partial charge in [0.2, 0.25) is 0 Å². The largest absolute Gasteiger partial charge is 0.480 e. The van der Waals surface area contributed by atoms with Crippen LogP contribution in [0.3, 0.4) is 0 Å². The zero-order valence-electron chi connectivity index (χ0n) is 20.6. The van der Waals surface area contributed by atoms with Crippen molar-refractivity contribution in [3.8, 4) is 22.3 Å². The van der Waals surface area contributed by atoms with Crippen LogP contribution in [-0.4, -0.2) is 29.8 Å². The van der Waals surface area contributed by atoms with Gasteiger partial charge in [0.15, 0.2) is 0 Å². The van der Waals surface area contributed by atoms with E-state index in [1.807, 2.05) is 48.5 Å². The molecular weight excluding hydrogens is 507 g/mol. The third-order valence-corrected chi connectivity index (χ3v) is 6.85. The van der Waals surface area contributed by atoms with Crippen LogP contribution in [0.1, 0.15) is 28.2 Å². The lowest BCUT2D eigenvalue weighted by Crippen LogP contribution is -2.42. The summed E-state index contributed by atoms with van der Waals surface area (Å²) >= 11 is 0. The molecule has 0 saturated heterocycles. The number of carbonyl (C=O) groups is 2. The normalized spacial score (nSPS) is 13.3. The van der Waals surface area contributed by atoms with E-state index in [1.165, 1.54) is 6.07 Å². The molecule has 0 fully saturated rings. The van der Waals surface area contributed by atoms with Crippen molar-refractivity contribution in [2.24, 2.45) is 0 Å². The van der Waals surface area contributed by atoms with Crippen molar-refractivity contribution in [2.75, 3.05) is 6.61 Å². The minimum Gasteiger partial charge on any atom is -0.480 e. The minimum absolute atomic E-state index is 0.0254. The van der Waals surface area contributed by atoms with Crippen LogP contribution in [0.25, 0.3) is 22.3 Å². The highest BCUT2D eigenvalue weighted by molar-refractivity contribution is 5.81. The van der Waals surface area contributed by atoms with Gasteiger partial charge in [0.05, 0.1) is 5.56 Å². The van der Waals surface area contributed by atoms with Crippen LogP contribution in [-0.2, 0) is 22.1 Å². The number of rotatable bonds is 7. The second-order valence-electron chi connectivity index (χ2n) is 9.34. The highest BCUT2D eigenvalue weighted by Crippen LogP contribution is 2.44. The Morgan fingerprint density at radius 1 is 0.821 bits per heavy atom. The van der Waals surface area contributed by atoms with Gasteiger partial charge in [0.1, 0.15) is 12.6 Å². The second kappa shape index (κ2) is 10.6. The van der Waals surface area contributed by atoms with Crippen molar-refractivity contribution >= 4 is 12.1 Å². The third-order valence-electron chi connectivity index (χ3n) is 6.85. The van der Waals surface area contributed by atoms with Gasteiger partial charge in [-0.2, -0.15) is 13.2 Å². The predicted molar refractivity (Wildman–Crippen MR) is 140 cm³/mol. The van der Waals surface area contributed by atoms with Crippen LogP contribution in [0.2, 0.25) is 0 Å². The fourth-order valence-corrected chi connectivity index (χ4v) is 4.93. The van der Waals surface area contributed by atoms with E-state index in [1.54, 1.807) is 30.3 Å². The SMILES string of the molecule is O=C(N[C@@H](Cc1ccc(-c2cccc(C(F)(F)F)c2)cc1)C(=O)O)OCC1c2ccccc2-c2ccccc21. The van der Waals surface area contributed by atoms with E-state index >= 15 is 0 Å². The maximum atomic E-state index is 13.0. The average Bonchev–Trinajstić information content (AvgIpc) is 3.25. The molecule has 39 heavy (non-hydrogen) atoms. The molecule has 0 heterocycles. The lowest BCUT2D eigenvalue weighted by atomic mass is 9.98. The number of alkyl carbamates (subject to hydrolysis) is 1. The van der Waals surface area contributed by atoms with Gasteiger partial charge in [0, 0.05) is 12.3 Å². The van der Waals surface area contributed by atoms with E-state index in [9.17, 15) is 27.9 Å². The van der Waals surface area contributed by atoms with Gasteiger partial charge in [-0.1, -0.05) is 84.9 Å². The van der Waals surface area contributed by atoms with Crippen LogP contribution in [0, 0.1) is 0 Å². The monoisotopic (exact) mass is 531 g/mol. The molecular formula is C31H24F3NO4. The molecule has 0 spiro atoms. The molecule has 0 saturated carbocycles. The molecule has 1 atom stereocenters. The molecule has 2 N–H and O–H groups in total. The summed E-state index contributed by atoms with van der Waals surface area (Å²) in [6.45, 7) is 0.0535. The summed E-state index contributed by atoms with van der Waals surface area (Å²) in [6.07, 6.45) is -5.32. The highest BCUT2D eigenvalue weighted by atomic mass is 19.4. The molecule has 5 rings (SSSR count). The quantitative estimate of drug-likeness (QED) is 0.272. The van der Waals surface area contributed by atoms with Crippen LogP contribution < -0.4 is 5.32 Å². The summed E-state index contributed by atoms with van der Waals surface area (Å²) in [7, 11) is 0. The summed E-state index contributed by atoms with van der Waals surface area (Å²) in [5.74, 6) is -1.39. The molecule has 4 aromatic rings. The molecule has 4 aromatic carbocycles. The van der Waals surface area contributed by atoms with E-state index in [2.05, 4.69) is 5.32 Å². The van der Waals surface area contributed by atoms with Crippen molar-refractivity contribution in [2.45, 2.75) is 24.6 Å². The molecule has 1 aliphatic rings. The number of carboxylic acid groups (broad SMARTS) is 1. The van der Waals surface area contributed by atoms with Crippen molar-refractivity contribution < 1.29 is 32.6 Å². The number of nitrogens with one attached hydrogen (secondary N) is 1. The maximum Gasteiger partial charge on any atom is 0.416 e. The van der Waals surface area contributed by atoms with Crippen LogP contribution >= 0.6 is 0 Å². The summed E-state index contributed by atoms with van der Waals surface area (Å²) < 4.78 is 44.6. The van der Waals surface area contributed by atoms with Crippen molar-refractivity contribution in [3.63, 3.8) is 0 Å². The topological polar surface area (TPSA) is 75.6 Å². The summed E-state index contributed by atoms with van der Waals surface area (Å²) in [5.41, 5.74) is 5.05. The Kier molecular flexibility index (Phi) is 7.11. The molecule has 1 amide bonds. The molecule has 5 nitrogen and oxygen atoms in total. The van der Waals surface area contributed by atoms with Gasteiger partial charge in [0.25, 0.3) is 0 Å². The number of alkyl halides is 3. The zero-order valence-corrected chi connectivity index (χ0v) is 20.6. The first-order valence-corrected chi connectivity index (χ1v) is 12.3. The van der Waals surface area contributed by atoms with Crippen LogP contribution in [0.15, 0.2) is 97.1 Å². The first-order valence-electron chi connectivity index (χ1n) is 12.3. The molecule has 0 aromatic heterocycles. The first kappa shape index (κ1) is 26.0. The van der Waals surface area contributed by atoms with E-state index < -0.39 is 29.8 Å². The number of carbonyl (C=O) groups excluding carboxylic acids is 1. The zero-order chi connectivity index (χ0) is 27.6. The third kappa shape index (κ3) is 5.65. The molecule has 0 radical (unpaired) electrons. The molecule has 0 bridgehead atoms. The van der Waals surface area contributed by atoms with E-state index in [-0.39, 0.29) is 18.9 Å².